The lowest BCUT2D eigenvalue weighted by molar-refractivity contribution is -0.142. The second kappa shape index (κ2) is 6.60. The highest BCUT2D eigenvalue weighted by molar-refractivity contribution is 5.94. The van der Waals surface area contributed by atoms with Gasteiger partial charge in [0, 0.05) is 37.3 Å². The van der Waals surface area contributed by atoms with Crippen LogP contribution in [0.3, 0.4) is 0 Å². The van der Waals surface area contributed by atoms with E-state index in [4.69, 9.17) is 10.5 Å². The van der Waals surface area contributed by atoms with Crippen LogP contribution in [-0.4, -0.2) is 48.5 Å². The first-order valence-corrected chi connectivity index (χ1v) is 9.99. The molecule has 3 N–H and O–H groups in total. The normalized spacial score (nSPS) is 33.9. The van der Waals surface area contributed by atoms with Gasteiger partial charge in [-0.3, -0.25) is 9.69 Å². The van der Waals surface area contributed by atoms with Crippen LogP contribution in [0.1, 0.15) is 55.5 Å². The van der Waals surface area contributed by atoms with E-state index in [9.17, 15) is 9.59 Å². The number of benzene rings is 1. The van der Waals surface area contributed by atoms with E-state index in [0.717, 1.165) is 25.2 Å². The van der Waals surface area contributed by atoms with Crippen molar-refractivity contribution in [3.63, 3.8) is 0 Å². The number of amides is 1. The van der Waals surface area contributed by atoms with Gasteiger partial charge in [0.2, 0.25) is 5.91 Å². The number of carbonyl (C=O) groups excluding carboxylic acids is 2. The first-order valence-electron chi connectivity index (χ1n) is 9.99. The highest BCUT2D eigenvalue weighted by atomic mass is 16.6. The minimum atomic E-state index is -0.600. The van der Waals surface area contributed by atoms with Crippen molar-refractivity contribution in [3.05, 3.63) is 35.4 Å². The van der Waals surface area contributed by atoms with Crippen molar-refractivity contribution in [3.8, 4) is 0 Å². The quantitative estimate of drug-likeness (QED) is 0.791. The minimum absolute atomic E-state index is 0.0773. The van der Waals surface area contributed by atoms with Crippen LogP contribution < -0.4 is 11.1 Å². The standard InChI is InChI=1S/C21H29N3O3/c1-14(2)24-12-11-23-13-17(24)20(19(22)26)7-9-21(10-8-20)16-6-4-3-5-15(16)18(25)27-21/h3-6,14,17,23H,7-13H2,1-2H3,(H2,22,26)/t17-,20-,21-/m1/s1. The highest BCUT2D eigenvalue weighted by Crippen LogP contribution is 2.53. The fourth-order valence-corrected chi connectivity index (χ4v) is 5.41. The van der Waals surface area contributed by atoms with Crippen LogP contribution in [0.4, 0.5) is 0 Å². The van der Waals surface area contributed by atoms with Crippen molar-refractivity contribution < 1.29 is 14.3 Å². The number of carbonyl (C=O) groups is 2. The summed E-state index contributed by atoms with van der Waals surface area (Å²) in [6, 6.07) is 8.06. The molecule has 4 rings (SSSR count). The number of rotatable bonds is 3. The van der Waals surface area contributed by atoms with Gasteiger partial charge in [0.25, 0.3) is 0 Å². The van der Waals surface area contributed by atoms with E-state index in [2.05, 4.69) is 24.1 Å². The summed E-state index contributed by atoms with van der Waals surface area (Å²) < 4.78 is 5.87. The summed E-state index contributed by atoms with van der Waals surface area (Å²) in [6.07, 6.45) is 2.56. The van der Waals surface area contributed by atoms with E-state index >= 15 is 0 Å². The summed E-state index contributed by atoms with van der Waals surface area (Å²) in [4.78, 5) is 27.5. The molecule has 0 unspecified atom stereocenters. The van der Waals surface area contributed by atoms with Crippen molar-refractivity contribution in [1.29, 1.82) is 0 Å². The topological polar surface area (TPSA) is 84.7 Å². The van der Waals surface area contributed by atoms with Gasteiger partial charge in [-0.05, 0) is 45.6 Å². The average molecular weight is 371 g/mol. The van der Waals surface area contributed by atoms with Gasteiger partial charge in [0.05, 0.1) is 11.0 Å². The largest absolute Gasteiger partial charge is 0.451 e. The molecule has 1 saturated carbocycles. The van der Waals surface area contributed by atoms with Crippen LogP contribution in [0.2, 0.25) is 0 Å². The van der Waals surface area contributed by atoms with Crippen LogP contribution in [-0.2, 0) is 15.1 Å². The van der Waals surface area contributed by atoms with E-state index in [1.807, 2.05) is 24.3 Å². The van der Waals surface area contributed by atoms with Crippen molar-refractivity contribution in [2.45, 2.75) is 57.2 Å². The van der Waals surface area contributed by atoms with Gasteiger partial charge >= 0.3 is 5.97 Å². The Balaban J connectivity index is 1.64. The Labute approximate surface area is 160 Å². The molecule has 1 amide bonds. The van der Waals surface area contributed by atoms with Crippen molar-refractivity contribution in [2.24, 2.45) is 11.1 Å². The van der Waals surface area contributed by atoms with E-state index in [1.54, 1.807) is 0 Å². The fourth-order valence-electron chi connectivity index (χ4n) is 5.41. The summed E-state index contributed by atoms with van der Waals surface area (Å²) in [5, 5.41) is 3.45. The van der Waals surface area contributed by atoms with Gasteiger partial charge in [-0.25, -0.2) is 4.79 Å². The monoisotopic (exact) mass is 371 g/mol. The average Bonchev–Trinajstić information content (AvgIpc) is 2.95. The Hall–Kier alpha value is -1.92. The Bertz CT molecular complexity index is 753. The lowest BCUT2D eigenvalue weighted by atomic mass is 9.62. The zero-order valence-electron chi connectivity index (χ0n) is 16.2. The number of piperazine rings is 1. The number of fused-ring (bicyclic) bond motifs is 2. The van der Waals surface area contributed by atoms with Crippen molar-refractivity contribution in [1.82, 2.24) is 10.2 Å². The van der Waals surface area contributed by atoms with Crippen LogP contribution in [0.25, 0.3) is 0 Å². The van der Waals surface area contributed by atoms with Gasteiger partial charge < -0.3 is 15.8 Å². The number of ether oxygens (including phenoxy) is 1. The number of nitrogens with zero attached hydrogens (tertiary/aromatic N) is 1. The van der Waals surface area contributed by atoms with Crippen molar-refractivity contribution in [2.75, 3.05) is 19.6 Å². The third-order valence-electron chi connectivity index (χ3n) is 6.95. The zero-order chi connectivity index (χ0) is 19.2. The molecule has 2 fully saturated rings. The van der Waals surface area contributed by atoms with Crippen molar-refractivity contribution >= 4 is 11.9 Å². The summed E-state index contributed by atoms with van der Waals surface area (Å²) in [5.41, 5.74) is 6.44. The second-order valence-electron chi connectivity index (χ2n) is 8.50. The van der Waals surface area contributed by atoms with Crippen LogP contribution in [0, 0.1) is 5.41 Å². The molecular formula is C21H29N3O3. The first kappa shape index (κ1) is 18.4. The van der Waals surface area contributed by atoms with E-state index in [1.165, 1.54) is 0 Å². The maximum atomic E-state index is 12.7. The van der Waals surface area contributed by atoms with Gasteiger partial charge in [-0.15, -0.1) is 0 Å². The molecule has 27 heavy (non-hydrogen) atoms. The van der Waals surface area contributed by atoms with E-state index in [0.29, 0.717) is 37.3 Å². The molecule has 1 aliphatic carbocycles. The maximum Gasteiger partial charge on any atom is 0.339 e. The fraction of sp³-hybridized carbons (Fsp3) is 0.619. The molecule has 2 aliphatic heterocycles. The van der Waals surface area contributed by atoms with E-state index in [-0.39, 0.29) is 17.9 Å². The number of esters is 1. The third kappa shape index (κ3) is 2.77. The van der Waals surface area contributed by atoms with Gasteiger partial charge in [0.15, 0.2) is 0 Å². The van der Waals surface area contributed by atoms with Crippen LogP contribution in [0.15, 0.2) is 24.3 Å². The zero-order valence-corrected chi connectivity index (χ0v) is 16.2. The summed E-state index contributed by atoms with van der Waals surface area (Å²) in [6.45, 7) is 6.96. The predicted molar refractivity (Wildman–Crippen MR) is 102 cm³/mol. The number of primary amides is 1. The van der Waals surface area contributed by atoms with Crippen LogP contribution in [0.5, 0.6) is 0 Å². The third-order valence-corrected chi connectivity index (χ3v) is 6.95. The highest BCUT2D eigenvalue weighted by Gasteiger charge is 2.56. The number of hydrogen-bond donors (Lipinski definition) is 2. The summed E-state index contributed by atoms with van der Waals surface area (Å²) >= 11 is 0. The molecule has 1 saturated heterocycles. The summed E-state index contributed by atoms with van der Waals surface area (Å²) in [7, 11) is 0. The Kier molecular flexibility index (Phi) is 4.51. The lowest BCUT2D eigenvalue weighted by Crippen LogP contribution is -2.65. The molecule has 1 spiro atoms. The number of nitrogens with one attached hydrogen (secondary N) is 1. The maximum absolute atomic E-state index is 12.7. The summed E-state index contributed by atoms with van der Waals surface area (Å²) in [5.74, 6) is -0.477. The van der Waals surface area contributed by atoms with Gasteiger partial charge in [0.1, 0.15) is 5.60 Å². The SMILES string of the molecule is CC(C)N1CCNC[C@@H]1[C@]1(C(N)=O)CC[C@@]2(CC1)OC(=O)c1ccccc12. The van der Waals surface area contributed by atoms with E-state index < -0.39 is 11.0 Å². The molecule has 0 radical (unpaired) electrons. The lowest BCUT2D eigenvalue weighted by Gasteiger charge is -2.52. The molecule has 1 aromatic rings. The molecule has 6 nitrogen and oxygen atoms in total. The van der Waals surface area contributed by atoms with Gasteiger partial charge in [-0.1, -0.05) is 18.2 Å². The van der Waals surface area contributed by atoms with Gasteiger partial charge in [-0.2, -0.15) is 0 Å². The Morgan fingerprint density at radius 1 is 1.26 bits per heavy atom. The predicted octanol–water partition coefficient (Wildman–Crippen LogP) is 1.78. The molecule has 1 aromatic carbocycles. The Morgan fingerprint density at radius 2 is 1.96 bits per heavy atom. The number of hydrogen-bond acceptors (Lipinski definition) is 5. The molecule has 146 valence electrons. The first-order chi connectivity index (χ1) is 12.9. The molecule has 0 aromatic heterocycles. The molecule has 3 aliphatic rings. The molecule has 6 heteroatoms. The second-order valence-corrected chi connectivity index (χ2v) is 8.50. The Morgan fingerprint density at radius 3 is 2.63 bits per heavy atom. The smallest absolute Gasteiger partial charge is 0.339 e. The minimum Gasteiger partial charge on any atom is -0.451 e. The molecular weight excluding hydrogens is 342 g/mol. The number of nitrogens with two attached hydrogens (primary N) is 1. The van der Waals surface area contributed by atoms with Crippen LogP contribution >= 0.6 is 0 Å². The molecule has 0 bridgehead atoms. The molecule has 1 atom stereocenters. The molecule has 2 heterocycles.